The van der Waals surface area contributed by atoms with Crippen LogP contribution in [0.4, 0.5) is 0 Å². The Morgan fingerprint density at radius 3 is 2.95 bits per heavy atom. The van der Waals surface area contributed by atoms with Crippen molar-refractivity contribution >= 4 is 0 Å². The minimum absolute atomic E-state index is 0.830. The van der Waals surface area contributed by atoms with Gasteiger partial charge in [-0.1, -0.05) is 12.1 Å². The van der Waals surface area contributed by atoms with Gasteiger partial charge in [-0.25, -0.2) is 0 Å². The van der Waals surface area contributed by atoms with Crippen LogP contribution in [0.1, 0.15) is 28.1 Å². The molecule has 1 aliphatic rings. The second kappa shape index (κ2) is 5.90. The molecule has 4 heteroatoms. The first-order valence-corrected chi connectivity index (χ1v) is 7.59. The van der Waals surface area contributed by atoms with Gasteiger partial charge in [0.15, 0.2) is 0 Å². The molecule has 0 atom stereocenters. The van der Waals surface area contributed by atoms with Crippen molar-refractivity contribution in [2.24, 2.45) is 7.05 Å². The number of rotatable bonds is 5. The topological polar surface area (TPSA) is 39.1 Å². The molecule has 21 heavy (non-hydrogen) atoms. The normalized spacial score (nSPS) is 13.3. The zero-order valence-corrected chi connectivity index (χ0v) is 13.1. The molecular weight excluding hydrogens is 262 g/mol. The van der Waals surface area contributed by atoms with E-state index in [1.54, 1.807) is 0 Å². The van der Waals surface area contributed by atoms with E-state index >= 15 is 0 Å². The third-order valence-corrected chi connectivity index (χ3v) is 4.30. The molecule has 4 nitrogen and oxygen atoms in total. The molecule has 0 fully saturated rings. The number of hydrogen-bond acceptors (Lipinski definition) is 3. The lowest BCUT2D eigenvalue weighted by molar-refractivity contribution is 0.357. The van der Waals surface area contributed by atoms with E-state index in [9.17, 15) is 0 Å². The quantitative estimate of drug-likeness (QED) is 0.857. The van der Waals surface area contributed by atoms with E-state index in [0.29, 0.717) is 0 Å². The second-order valence-corrected chi connectivity index (χ2v) is 5.74. The van der Waals surface area contributed by atoms with Crippen LogP contribution in [-0.4, -0.2) is 22.9 Å². The van der Waals surface area contributed by atoms with Crippen LogP contribution in [0.15, 0.2) is 18.2 Å². The fourth-order valence-corrected chi connectivity index (χ4v) is 2.91. The lowest BCUT2D eigenvalue weighted by atomic mass is 10.1. The van der Waals surface area contributed by atoms with Crippen LogP contribution >= 0.6 is 0 Å². The lowest BCUT2D eigenvalue weighted by Gasteiger charge is -2.07. The minimum Gasteiger partial charge on any atom is -0.493 e. The summed E-state index contributed by atoms with van der Waals surface area (Å²) in [4.78, 5) is 0. The zero-order valence-electron chi connectivity index (χ0n) is 13.1. The van der Waals surface area contributed by atoms with Gasteiger partial charge in [0, 0.05) is 31.3 Å². The van der Waals surface area contributed by atoms with Crippen LogP contribution in [0.3, 0.4) is 0 Å². The van der Waals surface area contributed by atoms with Crippen LogP contribution in [0.2, 0.25) is 0 Å². The highest BCUT2D eigenvalue weighted by atomic mass is 16.5. The van der Waals surface area contributed by atoms with Crippen molar-refractivity contribution in [1.29, 1.82) is 0 Å². The van der Waals surface area contributed by atoms with Crippen LogP contribution in [0, 0.1) is 13.8 Å². The number of benzene rings is 1. The Bertz CT molecular complexity index is 646. The Morgan fingerprint density at radius 1 is 1.33 bits per heavy atom. The molecule has 112 valence electrons. The third kappa shape index (κ3) is 2.95. The van der Waals surface area contributed by atoms with E-state index in [1.165, 1.54) is 22.4 Å². The summed E-state index contributed by atoms with van der Waals surface area (Å²) in [5.74, 6) is 1.06. The number of aromatic nitrogens is 2. The number of hydrogen-bond donors (Lipinski definition) is 1. The first-order chi connectivity index (χ1) is 10.1. The largest absolute Gasteiger partial charge is 0.493 e. The summed E-state index contributed by atoms with van der Waals surface area (Å²) in [6.07, 6.45) is 2.09. The molecule has 0 unspecified atom stereocenters. The van der Waals surface area contributed by atoms with Gasteiger partial charge in [-0.3, -0.25) is 4.68 Å². The van der Waals surface area contributed by atoms with E-state index in [4.69, 9.17) is 4.74 Å². The Balaban J connectivity index is 1.52. The molecule has 3 rings (SSSR count). The highest BCUT2D eigenvalue weighted by Gasteiger charge is 2.12. The minimum atomic E-state index is 0.830. The number of nitrogens with one attached hydrogen (secondary N) is 1. The van der Waals surface area contributed by atoms with E-state index in [1.807, 2.05) is 11.7 Å². The van der Waals surface area contributed by atoms with Crippen LogP contribution in [0.25, 0.3) is 0 Å². The molecule has 2 heterocycles. The van der Waals surface area contributed by atoms with Crippen LogP contribution in [-0.2, 0) is 26.4 Å². The summed E-state index contributed by atoms with van der Waals surface area (Å²) >= 11 is 0. The fourth-order valence-electron chi connectivity index (χ4n) is 2.91. The number of fused-ring (bicyclic) bond motifs is 1. The van der Waals surface area contributed by atoms with E-state index in [0.717, 1.165) is 44.0 Å². The molecule has 1 aromatic carbocycles. The Kier molecular flexibility index (Phi) is 3.97. The summed E-state index contributed by atoms with van der Waals surface area (Å²) < 4.78 is 7.49. The molecule has 0 radical (unpaired) electrons. The van der Waals surface area contributed by atoms with E-state index in [2.05, 4.69) is 42.5 Å². The summed E-state index contributed by atoms with van der Waals surface area (Å²) in [7, 11) is 2.00. The lowest BCUT2D eigenvalue weighted by Crippen LogP contribution is -2.17. The standard InChI is InChI=1S/C17H23N3O/c1-12-16(13(2)20(3)19-12)11-18-8-6-14-4-5-17-15(10-14)7-9-21-17/h4-5,10,18H,6-9,11H2,1-3H3. The third-order valence-electron chi connectivity index (χ3n) is 4.30. The Hall–Kier alpha value is -1.81. The summed E-state index contributed by atoms with van der Waals surface area (Å²) in [5, 5.41) is 7.98. The summed E-state index contributed by atoms with van der Waals surface area (Å²) in [5.41, 5.74) is 6.42. The number of aryl methyl sites for hydroxylation is 2. The maximum atomic E-state index is 5.54. The number of nitrogens with zero attached hydrogens (tertiary/aromatic N) is 2. The molecule has 0 spiro atoms. The molecule has 1 aromatic heterocycles. The van der Waals surface area contributed by atoms with Crippen LogP contribution in [0.5, 0.6) is 5.75 Å². The molecule has 0 bridgehead atoms. The van der Waals surface area contributed by atoms with E-state index in [-0.39, 0.29) is 0 Å². The SMILES string of the molecule is Cc1nn(C)c(C)c1CNCCc1ccc2c(c1)CCO2. The molecule has 0 aliphatic carbocycles. The molecule has 0 saturated carbocycles. The van der Waals surface area contributed by atoms with Gasteiger partial charge in [0.25, 0.3) is 0 Å². The maximum absolute atomic E-state index is 5.54. The summed E-state index contributed by atoms with van der Waals surface area (Å²) in [6, 6.07) is 6.56. The van der Waals surface area contributed by atoms with Gasteiger partial charge in [-0.05, 0) is 44.0 Å². The molecular formula is C17H23N3O. The van der Waals surface area contributed by atoms with Crippen molar-refractivity contribution in [3.63, 3.8) is 0 Å². The molecule has 1 N–H and O–H groups in total. The van der Waals surface area contributed by atoms with Gasteiger partial charge in [0.2, 0.25) is 0 Å². The van der Waals surface area contributed by atoms with Crippen molar-refractivity contribution in [1.82, 2.24) is 15.1 Å². The molecule has 0 amide bonds. The van der Waals surface area contributed by atoms with Crippen molar-refractivity contribution in [3.05, 3.63) is 46.3 Å². The van der Waals surface area contributed by atoms with E-state index < -0.39 is 0 Å². The smallest absolute Gasteiger partial charge is 0.122 e. The predicted octanol–water partition coefficient (Wildman–Crippen LogP) is 2.30. The Labute approximate surface area is 126 Å². The van der Waals surface area contributed by atoms with Crippen molar-refractivity contribution in [2.45, 2.75) is 33.2 Å². The van der Waals surface area contributed by atoms with Crippen molar-refractivity contribution < 1.29 is 4.74 Å². The van der Waals surface area contributed by atoms with Gasteiger partial charge in [0.1, 0.15) is 5.75 Å². The van der Waals surface area contributed by atoms with Crippen LogP contribution < -0.4 is 10.1 Å². The van der Waals surface area contributed by atoms with Gasteiger partial charge in [0.05, 0.1) is 12.3 Å². The first-order valence-electron chi connectivity index (χ1n) is 7.59. The summed E-state index contributed by atoms with van der Waals surface area (Å²) in [6.45, 7) is 6.89. The zero-order chi connectivity index (χ0) is 14.8. The maximum Gasteiger partial charge on any atom is 0.122 e. The highest BCUT2D eigenvalue weighted by molar-refractivity contribution is 5.39. The molecule has 0 saturated heterocycles. The van der Waals surface area contributed by atoms with Gasteiger partial charge in [-0.15, -0.1) is 0 Å². The van der Waals surface area contributed by atoms with Gasteiger partial charge < -0.3 is 10.1 Å². The highest BCUT2D eigenvalue weighted by Crippen LogP contribution is 2.25. The fraction of sp³-hybridized carbons (Fsp3) is 0.471. The van der Waals surface area contributed by atoms with Gasteiger partial charge >= 0.3 is 0 Å². The molecule has 2 aromatic rings. The van der Waals surface area contributed by atoms with Crippen molar-refractivity contribution in [3.8, 4) is 5.75 Å². The monoisotopic (exact) mass is 285 g/mol. The second-order valence-electron chi connectivity index (χ2n) is 5.74. The average molecular weight is 285 g/mol. The molecule has 1 aliphatic heterocycles. The average Bonchev–Trinajstić information content (AvgIpc) is 3.02. The predicted molar refractivity (Wildman–Crippen MR) is 83.7 cm³/mol. The first kappa shape index (κ1) is 14.1. The van der Waals surface area contributed by atoms with Gasteiger partial charge in [-0.2, -0.15) is 5.10 Å². The van der Waals surface area contributed by atoms with Crippen molar-refractivity contribution in [2.75, 3.05) is 13.2 Å². The number of ether oxygens (including phenoxy) is 1. The Morgan fingerprint density at radius 2 is 2.19 bits per heavy atom.